The lowest BCUT2D eigenvalue weighted by atomic mass is 9.94. The molecule has 0 unspecified atom stereocenters. The van der Waals surface area contributed by atoms with Crippen molar-refractivity contribution in [3.63, 3.8) is 0 Å². The minimum absolute atomic E-state index is 0.656. The predicted molar refractivity (Wildman–Crippen MR) is 191 cm³/mol. The van der Waals surface area contributed by atoms with Crippen LogP contribution in [-0.2, 0) is 0 Å². The highest BCUT2D eigenvalue weighted by atomic mass is 15.0. The predicted octanol–water partition coefficient (Wildman–Crippen LogP) is 11.1. The molecule has 9 rings (SSSR count). The molecular weight excluding hydrogens is 558 g/mol. The molecule has 2 heterocycles. The molecule has 0 aliphatic heterocycles. The summed E-state index contributed by atoms with van der Waals surface area (Å²) in [6.07, 6.45) is 0. The number of benzene rings is 7. The lowest BCUT2D eigenvalue weighted by molar-refractivity contribution is 1.17. The first-order valence-corrected chi connectivity index (χ1v) is 15.5. The number of hydrogen-bond acceptors (Lipinski definition) is 1. The van der Waals surface area contributed by atoms with Crippen molar-refractivity contribution in [1.29, 1.82) is 5.26 Å². The highest BCUT2D eigenvalue weighted by Crippen LogP contribution is 2.40. The molecule has 0 aliphatic carbocycles. The van der Waals surface area contributed by atoms with E-state index in [-0.39, 0.29) is 0 Å². The van der Waals surface area contributed by atoms with E-state index in [1.807, 2.05) is 24.3 Å². The Morgan fingerprint density at radius 3 is 1.35 bits per heavy atom. The zero-order chi connectivity index (χ0) is 30.6. The summed E-state index contributed by atoms with van der Waals surface area (Å²) in [6.45, 7) is 0. The van der Waals surface area contributed by atoms with Crippen LogP contribution >= 0.6 is 0 Å². The van der Waals surface area contributed by atoms with Gasteiger partial charge in [0.25, 0.3) is 0 Å². The topological polar surface area (TPSA) is 33.6 Å². The summed E-state index contributed by atoms with van der Waals surface area (Å²) in [5.41, 5.74) is 11.6. The molecule has 0 N–H and O–H groups in total. The summed E-state index contributed by atoms with van der Waals surface area (Å²) in [5, 5.41) is 15.0. The molecule has 0 radical (unpaired) electrons. The molecule has 2 aromatic heterocycles. The highest BCUT2D eigenvalue weighted by Gasteiger charge is 2.18. The van der Waals surface area contributed by atoms with Gasteiger partial charge in [0, 0.05) is 32.8 Å². The average molecular weight is 586 g/mol. The second-order valence-electron chi connectivity index (χ2n) is 11.7. The summed E-state index contributed by atoms with van der Waals surface area (Å²) >= 11 is 0. The third kappa shape index (κ3) is 3.91. The van der Waals surface area contributed by atoms with Crippen molar-refractivity contribution >= 4 is 43.6 Å². The normalized spacial score (nSPS) is 11.5. The van der Waals surface area contributed by atoms with Gasteiger partial charge in [-0.15, -0.1) is 0 Å². The van der Waals surface area contributed by atoms with Crippen LogP contribution in [0, 0.1) is 11.3 Å². The molecule has 0 atom stereocenters. The number of fused-ring (bicyclic) bond motifs is 6. The maximum absolute atomic E-state index is 10.1. The lowest BCUT2D eigenvalue weighted by Crippen LogP contribution is -1.99. The maximum atomic E-state index is 10.1. The van der Waals surface area contributed by atoms with E-state index in [1.165, 1.54) is 32.6 Å². The molecule has 0 aliphatic rings. The zero-order valence-electron chi connectivity index (χ0n) is 24.9. The van der Waals surface area contributed by atoms with Crippen molar-refractivity contribution in [2.45, 2.75) is 0 Å². The number of nitriles is 1. The van der Waals surface area contributed by atoms with Gasteiger partial charge >= 0.3 is 0 Å². The van der Waals surface area contributed by atoms with Crippen LogP contribution in [0.1, 0.15) is 5.56 Å². The van der Waals surface area contributed by atoms with Crippen molar-refractivity contribution in [3.8, 4) is 39.7 Å². The van der Waals surface area contributed by atoms with Crippen molar-refractivity contribution in [3.05, 3.63) is 169 Å². The molecule has 0 spiro atoms. The van der Waals surface area contributed by atoms with E-state index in [4.69, 9.17) is 0 Å². The fourth-order valence-electron chi connectivity index (χ4n) is 7.18. The standard InChI is InChI=1S/C43H27N3/c44-28-29-13-1-2-14-33(29)30-25-31(27-32(26-30)45-40-21-9-4-16-35(40)36-17-5-10-22-41(36)45)34-15-3-8-20-39(34)46-42-23-11-6-18-37(42)38-19-7-12-24-43(38)46/h1-27H. The zero-order valence-corrected chi connectivity index (χ0v) is 24.9. The summed E-state index contributed by atoms with van der Waals surface area (Å²) < 4.78 is 4.74. The molecular formula is C43H27N3. The third-order valence-electron chi connectivity index (χ3n) is 9.15. The fourth-order valence-corrected chi connectivity index (χ4v) is 7.18. The molecule has 9 aromatic rings. The van der Waals surface area contributed by atoms with Crippen molar-refractivity contribution in [1.82, 2.24) is 9.13 Å². The highest BCUT2D eigenvalue weighted by molar-refractivity contribution is 6.11. The van der Waals surface area contributed by atoms with Crippen LogP contribution < -0.4 is 0 Å². The monoisotopic (exact) mass is 585 g/mol. The van der Waals surface area contributed by atoms with Crippen LogP contribution in [0.25, 0.3) is 77.2 Å². The van der Waals surface area contributed by atoms with E-state index in [9.17, 15) is 5.26 Å². The van der Waals surface area contributed by atoms with Crippen LogP contribution in [0.15, 0.2) is 164 Å². The lowest BCUT2D eigenvalue weighted by Gasteiger charge is -2.18. The van der Waals surface area contributed by atoms with Gasteiger partial charge in [-0.2, -0.15) is 5.26 Å². The van der Waals surface area contributed by atoms with E-state index in [1.54, 1.807) is 0 Å². The van der Waals surface area contributed by atoms with Crippen LogP contribution in [0.4, 0.5) is 0 Å². The van der Waals surface area contributed by atoms with Crippen LogP contribution in [0.5, 0.6) is 0 Å². The van der Waals surface area contributed by atoms with Gasteiger partial charge in [0.05, 0.1) is 39.4 Å². The summed E-state index contributed by atoms with van der Waals surface area (Å²) in [6, 6.07) is 60.2. The third-order valence-corrected chi connectivity index (χ3v) is 9.15. The minimum atomic E-state index is 0.656. The van der Waals surface area contributed by atoms with Crippen molar-refractivity contribution in [2.75, 3.05) is 0 Å². The van der Waals surface area contributed by atoms with Gasteiger partial charge in [0.1, 0.15) is 0 Å². The number of rotatable bonds is 4. The number of nitrogens with zero attached hydrogens (tertiary/aromatic N) is 3. The van der Waals surface area contributed by atoms with E-state index in [2.05, 4.69) is 155 Å². The molecule has 7 aromatic carbocycles. The summed E-state index contributed by atoms with van der Waals surface area (Å²) in [7, 11) is 0. The first kappa shape index (κ1) is 26.1. The molecule has 0 saturated carbocycles. The van der Waals surface area contributed by atoms with E-state index >= 15 is 0 Å². The van der Waals surface area contributed by atoms with E-state index in [0.29, 0.717) is 5.56 Å². The fraction of sp³-hybridized carbons (Fsp3) is 0. The summed E-state index contributed by atoms with van der Waals surface area (Å²) in [4.78, 5) is 0. The average Bonchev–Trinajstić information content (AvgIpc) is 3.64. The van der Waals surface area contributed by atoms with Gasteiger partial charge in [-0.25, -0.2) is 0 Å². The van der Waals surface area contributed by atoms with Crippen LogP contribution in [-0.4, -0.2) is 9.13 Å². The van der Waals surface area contributed by atoms with Crippen LogP contribution in [0.2, 0.25) is 0 Å². The largest absolute Gasteiger partial charge is 0.309 e. The molecule has 0 amide bonds. The van der Waals surface area contributed by atoms with E-state index in [0.717, 1.165) is 44.7 Å². The molecule has 214 valence electrons. The summed E-state index contributed by atoms with van der Waals surface area (Å²) in [5.74, 6) is 0. The Balaban J connectivity index is 1.38. The smallest absolute Gasteiger partial charge is 0.0998 e. The second kappa shape index (κ2) is 10.4. The van der Waals surface area contributed by atoms with Gasteiger partial charge < -0.3 is 9.13 Å². The molecule has 0 saturated heterocycles. The minimum Gasteiger partial charge on any atom is -0.309 e. The number of aromatic nitrogens is 2. The van der Waals surface area contributed by atoms with Gasteiger partial charge in [-0.05, 0) is 71.3 Å². The molecule has 46 heavy (non-hydrogen) atoms. The van der Waals surface area contributed by atoms with Gasteiger partial charge in [0.15, 0.2) is 0 Å². The maximum Gasteiger partial charge on any atom is 0.0998 e. The Morgan fingerprint density at radius 2 is 0.804 bits per heavy atom. The molecule has 3 heteroatoms. The molecule has 0 fully saturated rings. The Bertz CT molecular complexity index is 2560. The Morgan fingerprint density at radius 1 is 0.391 bits per heavy atom. The Labute approximate surface area is 266 Å². The van der Waals surface area contributed by atoms with E-state index < -0.39 is 0 Å². The van der Waals surface area contributed by atoms with Gasteiger partial charge in [0.2, 0.25) is 0 Å². The number of hydrogen-bond donors (Lipinski definition) is 0. The number of para-hydroxylation sites is 5. The second-order valence-corrected chi connectivity index (χ2v) is 11.7. The molecule has 3 nitrogen and oxygen atoms in total. The molecule has 0 bridgehead atoms. The van der Waals surface area contributed by atoms with Gasteiger partial charge in [-0.1, -0.05) is 109 Å². The van der Waals surface area contributed by atoms with Crippen molar-refractivity contribution in [2.24, 2.45) is 0 Å². The Hall–Kier alpha value is -6.37. The van der Waals surface area contributed by atoms with Crippen molar-refractivity contribution < 1.29 is 0 Å². The van der Waals surface area contributed by atoms with Crippen LogP contribution in [0.3, 0.4) is 0 Å². The van der Waals surface area contributed by atoms with Gasteiger partial charge in [-0.3, -0.25) is 0 Å². The first-order valence-electron chi connectivity index (χ1n) is 15.5. The quantitative estimate of drug-likeness (QED) is 0.202. The SMILES string of the molecule is N#Cc1ccccc1-c1cc(-c2ccccc2-n2c3ccccc3c3ccccc32)cc(-n2c3ccccc3c3ccccc32)c1. The Kier molecular flexibility index (Phi) is 5.88. The first-order chi connectivity index (χ1) is 22.8.